The number of para-hydroxylation sites is 1. The molecule has 0 unspecified atom stereocenters. The third-order valence-corrected chi connectivity index (χ3v) is 4.64. The van der Waals surface area contributed by atoms with Crippen molar-refractivity contribution < 1.29 is 41.1 Å². The topological polar surface area (TPSA) is 78.7 Å². The zero-order valence-corrected chi connectivity index (χ0v) is 17.3. The molecule has 0 N–H and O–H groups in total. The summed E-state index contributed by atoms with van der Waals surface area (Å²) in [6.07, 6.45) is 2.40. The van der Waals surface area contributed by atoms with Gasteiger partial charge in [0, 0.05) is 11.6 Å². The Hall–Kier alpha value is -4.28. The van der Waals surface area contributed by atoms with Crippen LogP contribution in [0.2, 0.25) is 0 Å². The van der Waals surface area contributed by atoms with Gasteiger partial charge in [0.2, 0.25) is 29.1 Å². The van der Waals surface area contributed by atoms with Gasteiger partial charge in [0.1, 0.15) is 12.4 Å². The molecule has 0 heterocycles. The molecule has 6 nitrogen and oxygen atoms in total. The lowest BCUT2D eigenvalue weighted by Crippen LogP contribution is -2.07. The van der Waals surface area contributed by atoms with Crippen molar-refractivity contribution in [2.45, 2.75) is 6.61 Å². The van der Waals surface area contributed by atoms with Gasteiger partial charge in [-0.2, -0.15) is 8.78 Å². The normalized spacial score (nSPS) is 11.0. The molecule has 11 heteroatoms. The minimum absolute atomic E-state index is 0.132. The number of ketones is 1. The van der Waals surface area contributed by atoms with Crippen LogP contribution in [0.3, 0.4) is 0 Å². The number of allylic oxidation sites excluding steroid dienone is 1. The fourth-order valence-electron chi connectivity index (χ4n) is 2.98. The molecule has 3 aromatic rings. The predicted octanol–water partition coefficient (Wildman–Crippen LogP) is 5.77. The summed E-state index contributed by atoms with van der Waals surface area (Å²) in [6, 6.07) is 9.67. The SMILES string of the molecule is COc1ccc(/C=C/C(=O)c2ccccc2[N+](=O)[O-])cc1COc1c(F)c(F)c(F)c(F)c1F. The van der Waals surface area contributed by atoms with Crippen LogP contribution < -0.4 is 9.47 Å². The molecule has 0 saturated heterocycles. The number of rotatable bonds is 8. The highest BCUT2D eigenvalue weighted by Gasteiger charge is 2.27. The van der Waals surface area contributed by atoms with Crippen LogP contribution in [0.5, 0.6) is 11.5 Å². The van der Waals surface area contributed by atoms with Gasteiger partial charge in [0.05, 0.1) is 17.6 Å². The van der Waals surface area contributed by atoms with Crippen molar-refractivity contribution in [3.05, 3.63) is 104 Å². The van der Waals surface area contributed by atoms with Gasteiger partial charge in [-0.3, -0.25) is 14.9 Å². The monoisotopic (exact) mass is 479 g/mol. The minimum Gasteiger partial charge on any atom is -0.496 e. The van der Waals surface area contributed by atoms with E-state index in [9.17, 15) is 36.9 Å². The first-order valence-electron chi connectivity index (χ1n) is 9.42. The Bertz CT molecular complexity index is 1280. The van der Waals surface area contributed by atoms with Gasteiger partial charge < -0.3 is 9.47 Å². The molecule has 0 bridgehead atoms. The van der Waals surface area contributed by atoms with Crippen molar-refractivity contribution in [2.24, 2.45) is 0 Å². The molecule has 0 aliphatic carbocycles. The highest BCUT2D eigenvalue weighted by atomic mass is 19.2. The van der Waals surface area contributed by atoms with Gasteiger partial charge in [-0.25, -0.2) is 13.2 Å². The number of methoxy groups -OCH3 is 1. The first kappa shape index (κ1) is 24.4. The van der Waals surface area contributed by atoms with Crippen LogP contribution in [-0.4, -0.2) is 17.8 Å². The maximum Gasteiger partial charge on any atom is 0.280 e. The number of benzene rings is 3. The predicted molar refractivity (Wildman–Crippen MR) is 110 cm³/mol. The number of carbonyl (C=O) groups excluding carboxylic acids is 1. The van der Waals surface area contributed by atoms with E-state index >= 15 is 0 Å². The molecule has 0 aromatic heterocycles. The fourth-order valence-corrected chi connectivity index (χ4v) is 2.98. The van der Waals surface area contributed by atoms with Crippen molar-refractivity contribution in [3.8, 4) is 11.5 Å². The molecule has 0 spiro atoms. The lowest BCUT2D eigenvalue weighted by molar-refractivity contribution is -0.385. The summed E-state index contributed by atoms with van der Waals surface area (Å²) in [5, 5.41) is 11.1. The summed E-state index contributed by atoms with van der Waals surface area (Å²) in [5.41, 5.74) is 0.0198. The van der Waals surface area contributed by atoms with Crippen LogP contribution in [0, 0.1) is 39.2 Å². The zero-order valence-electron chi connectivity index (χ0n) is 17.3. The van der Waals surface area contributed by atoms with Crippen molar-refractivity contribution in [1.82, 2.24) is 0 Å². The van der Waals surface area contributed by atoms with E-state index in [4.69, 9.17) is 9.47 Å². The first-order valence-corrected chi connectivity index (χ1v) is 9.42. The van der Waals surface area contributed by atoms with E-state index in [-0.39, 0.29) is 22.6 Å². The van der Waals surface area contributed by atoms with Crippen LogP contribution in [0.25, 0.3) is 6.08 Å². The number of nitro benzene ring substituents is 1. The van der Waals surface area contributed by atoms with E-state index < -0.39 is 52.1 Å². The minimum atomic E-state index is -2.31. The van der Waals surface area contributed by atoms with Gasteiger partial charge in [0.25, 0.3) is 5.69 Å². The number of nitro groups is 1. The molecule has 0 atom stereocenters. The van der Waals surface area contributed by atoms with Crippen LogP contribution >= 0.6 is 0 Å². The van der Waals surface area contributed by atoms with Gasteiger partial charge in [0.15, 0.2) is 11.5 Å². The molecule has 0 aliphatic heterocycles. The van der Waals surface area contributed by atoms with E-state index in [0.29, 0.717) is 5.56 Å². The molecule has 3 aromatic carbocycles. The van der Waals surface area contributed by atoms with E-state index in [0.717, 1.165) is 6.08 Å². The average molecular weight is 479 g/mol. The van der Waals surface area contributed by atoms with Crippen molar-refractivity contribution in [1.29, 1.82) is 0 Å². The summed E-state index contributed by atoms with van der Waals surface area (Å²) >= 11 is 0. The third-order valence-electron chi connectivity index (χ3n) is 4.64. The highest BCUT2D eigenvalue weighted by Crippen LogP contribution is 2.31. The molecule has 0 fully saturated rings. The number of carbonyl (C=O) groups is 1. The highest BCUT2D eigenvalue weighted by molar-refractivity contribution is 6.09. The number of hydrogen-bond donors (Lipinski definition) is 0. The number of halogens is 5. The van der Waals surface area contributed by atoms with Gasteiger partial charge in [-0.05, 0) is 29.8 Å². The summed E-state index contributed by atoms with van der Waals surface area (Å²) in [5.74, 6) is -12.8. The van der Waals surface area contributed by atoms with Crippen LogP contribution in [0.15, 0.2) is 48.5 Å². The molecule has 176 valence electrons. The average Bonchev–Trinajstić information content (AvgIpc) is 2.84. The van der Waals surface area contributed by atoms with E-state index in [1.165, 1.54) is 55.7 Å². The lowest BCUT2D eigenvalue weighted by atomic mass is 10.1. The smallest absolute Gasteiger partial charge is 0.280 e. The second kappa shape index (κ2) is 10.1. The Morgan fingerprint density at radius 1 is 0.971 bits per heavy atom. The Labute approximate surface area is 189 Å². The Morgan fingerprint density at radius 2 is 1.59 bits per heavy atom. The maximum absolute atomic E-state index is 13.9. The molecular weight excluding hydrogens is 465 g/mol. The fraction of sp³-hybridized carbons (Fsp3) is 0.0870. The van der Waals surface area contributed by atoms with E-state index in [1.807, 2.05) is 0 Å². The molecule has 0 aliphatic rings. The molecule has 0 radical (unpaired) electrons. The zero-order chi connectivity index (χ0) is 25.0. The van der Waals surface area contributed by atoms with Gasteiger partial charge >= 0.3 is 0 Å². The summed E-state index contributed by atoms with van der Waals surface area (Å²) in [7, 11) is 1.28. The number of ether oxygens (including phenoxy) is 2. The molecule has 0 amide bonds. The Balaban J connectivity index is 1.87. The molecule has 0 saturated carbocycles. The number of nitrogens with zero attached hydrogens (tertiary/aromatic N) is 1. The summed E-state index contributed by atoms with van der Waals surface area (Å²) < 4.78 is 77.6. The molecular formula is C23H14F5NO5. The van der Waals surface area contributed by atoms with Crippen molar-refractivity contribution >= 4 is 17.5 Å². The van der Waals surface area contributed by atoms with Crippen LogP contribution in [-0.2, 0) is 6.61 Å². The van der Waals surface area contributed by atoms with Crippen molar-refractivity contribution in [3.63, 3.8) is 0 Å². The largest absolute Gasteiger partial charge is 0.496 e. The molecule has 3 rings (SSSR count). The van der Waals surface area contributed by atoms with Crippen molar-refractivity contribution in [2.75, 3.05) is 7.11 Å². The lowest BCUT2D eigenvalue weighted by Gasteiger charge is -2.13. The van der Waals surface area contributed by atoms with Crippen LogP contribution in [0.1, 0.15) is 21.5 Å². The second-order valence-electron chi connectivity index (χ2n) is 6.73. The van der Waals surface area contributed by atoms with Crippen LogP contribution in [0.4, 0.5) is 27.6 Å². The number of hydrogen-bond acceptors (Lipinski definition) is 5. The first-order chi connectivity index (χ1) is 16.1. The molecule has 34 heavy (non-hydrogen) atoms. The quantitative estimate of drug-likeness (QED) is 0.0779. The maximum atomic E-state index is 13.9. The van der Waals surface area contributed by atoms with E-state index in [2.05, 4.69) is 0 Å². The second-order valence-corrected chi connectivity index (χ2v) is 6.73. The summed E-state index contributed by atoms with van der Waals surface area (Å²) in [6.45, 7) is -0.638. The standard InChI is InChI=1S/C23H14F5NO5/c1-33-17-9-7-12(6-8-16(30)14-4-2-3-5-15(14)29(31)32)10-13(17)11-34-23-21(27)19(25)18(24)20(26)22(23)28/h2-10H,11H2,1H3/b8-6+. The Kier molecular flexibility index (Phi) is 7.24. The third kappa shape index (κ3) is 4.87. The van der Waals surface area contributed by atoms with Gasteiger partial charge in [-0.15, -0.1) is 0 Å². The Morgan fingerprint density at radius 3 is 2.21 bits per heavy atom. The van der Waals surface area contributed by atoms with Gasteiger partial charge in [-0.1, -0.05) is 24.3 Å². The summed E-state index contributed by atoms with van der Waals surface area (Å²) in [4.78, 5) is 22.8. The van der Waals surface area contributed by atoms with E-state index in [1.54, 1.807) is 0 Å².